The molecule has 2 N–H and O–H groups in total. The molecule has 1 heterocycles. The fourth-order valence-corrected chi connectivity index (χ4v) is 2.62. The van der Waals surface area contributed by atoms with Crippen molar-refractivity contribution in [2.45, 2.75) is 19.5 Å². The van der Waals surface area contributed by atoms with Gasteiger partial charge in [-0.3, -0.25) is 9.59 Å². The van der Waals surface area contributed by atoms with E-state index in [-0.39, 0.29) is 11.6 Å². The van der Waals surface area contributed by atoms with Gasteiger partial charge in [0.05, 0.1) is 16.9 Å². The SMILES string of the molecule is CC(NC(=O)c1cn(-c2ccccc2Cl)nn1)C(=O)NCc1ccccc1. The molecule has 0 spiro atoms. The van der Waals surface area contributed by atoms with Crippen molar-refractivity contribution >= 4 is 23.4 Å². The van der Waals surface area contributed by atoms with Gasteiger partial charge in [-0.05, 0) is 24.6 Å². The first-order valence-corrected chi connectivity index (χ1v) is 8.72. The zero-order chi connectivity index (χ0) is 19.2. The highest BCUT2D eigenvalue weighted by molar-refractivity contribution is 6.32. The quantitative estimate of drug-likeness (QED) is 0.683. The summed E-state index contributed by atoms with van der Waals surface area (Å²) in [7, 11) is 0. The molecule has 3 rings (SSSR count). The molecule has 138 valence electrons. The van der Waals surface area contributed by atoms with Crippen LogP contribution >= 0.6 is 11.6 Å². The van der Waals surface area contributed by atoms with Crippen LogP contribution in [0.5, 0.6) is 0 Å². The Labute approximate surface area is 161 Å². The van der Waals surface area contributed by atoms with E-state index < -0.39 is 11.9 Å². The van der Waals surface area contributed by atoms with Crippen LogP contribution in [0.1, 0.15) is 23.0 Å². The third kappa shape index (κ3) is 4.71. The minimum Gasteiger partial charge on any atom is -0.350 e. The molecule has 27 heavy (non-hydrogen) atoms. The van der Waals surface area contributed by atoms with Crippen molar-refractivity contribution in [3.63, 3.8) is 0 Å². The van der Waals surface area contributed by atoms with Crippen molar-refractivity contribution < 1.29 is 9.59 Å². The third-order valence-corrected chi connectivity index (χ3v) is 4.20. The van der Waals surface area contributed by atoms with Gasteiger partial charge in [-0.1, -0.05) is 59.3 Å². The van der Waals surface area contributed by atoms with Crippen LogP contribution in [-0.4, -0.2) is 32.9 Å². The van der Waals surface area contributed by atoms with E-state index in [0.29, 0.717) is 17.3 Å². The molecule has 1 atom stereocenters. The number of nitrogens with zero attached hydrogens (tertiary/aromatic N) is 3. The maximum Gasteiger partial charge on any atom is 0.274 e. The fourth-order valence-electron chi connectivity index (χ4n) is 2.40. The van der Waals surface area contributed by atoms with Crippen molar-refractivity contribution in [2.24, 2.45) is 0 Å². The smallest absolute Gasteiger partial charge is 0.274 e. The van der Waals surface area contributed by atoms with Crippen molar-refractivity contribution in [3.8, 4) is 5.69 Å². The van der Waals surface area contributed by atoms with Gasteiger partial charge in [0, 0.05) is 6.54 Å². The predicted molar refractivity (Wildman–Crippen MR) is 102 cm³/mol. The Morgan fingerprint density at radius 2 is 1.81 bits per heavy atom. The van der Waals surface area contributed by atoms with E-state index in [1.165, 1.54) is 10.9 Å². The van der Waals surface area contributed by atoms with Crippen LogP contribution in [0.2, 0.25) is 5.02 Å². The number of hydrogen-bond donors (Lipinski definition) is 2. The second-order valence-electron chi connectivity index (χ2n) is 5.90. The fraction of sp³-hybridized carbons (Fsp3) is 0.158. The highest BCUT2D eigenvalue weighted by Crippen LogP contribution is 2.18. The van der Waals surface area contributed by atoms with E-state index in [1.54, 1.807) is 25.1 Å². The molecule has 0 saturated heterocycles. The lowest BCUT2D eigenvalue weighted by Crippen LogP contribution is -2.44. The number of rotatable bonds is 6. The second-order valence-corrected chi connectivity index (χ2v) is 6.31. The number of nitrogens with one attached hydrogen (secondary N) is 2. The number of halogens is 1. The van der Waals surface area contributed by atoms with Gasteiger partial charge in [-0.25, -0.2) is 4.68 Å². The average Bonchev–Trinajstić information content (AvgIpc) is 3.17. The lowest BCUT2D eigenvalue weighted by atomic mass is 10.2. The largest absolute Gasteiger partial charge is 0.350 e. The summed E-state index contributed by atoms with van der Waals surface area (Å²) >= 11 is 6.12. The molecule has 0 radical (unpaired) electrons. The number of benzene rings is 2. The summed E-state index contributed by atoms with van der Waals surface area (Å²) < 4.78 is 1.41. The summed E-state index contributed by atoms with van der Waals surface area (Å²) in [4.78, 5) is 24.5. The van der Waals surface area contributed by atoms with Crippen LogP contribution in [0.4, 0.5) is 0 Å². The molecule has 0 aliphatic heterocycles. The molecule has 2 aromatic carbocycles. The van der Waals surface area contributed by atoms with Crippen LogP contribution in [0, 0.1) is 0 Å². The number of amides is 2. The topological polar surface area (TPSA) is 88.9 Å². The van der Waals surface area contributed by atoms with Crippen LogP contribution in [0.3, 0.4) is 0 Å². The third-order valence-electron chi connectivity index (χ3n) is 3.88. The monoisotopic (exact) mass is 383 g/mol. The zero-order valence-electron chi connectivity index (χ0n) is 14.6. The Kier molecular flexibility index (Phi) is 5.83. The van der Waals surface area contributed by atoms with Gasteiger partial charge < -0.3 is 10.6 Å². The molecule has 0 aliphatic carbocycles. The zero-order valence-corrected chi connectivity index (χ0v) is 15.3. The highest BCUT2D eigenvalue weighted by Gasteiger charge is 2.19. The van der Waals surface area contributed by atoms with Crippen LogP contribution in [-0.2, 0) is 11.3 Å². The highest BCUT2D eigenvalue weighted by atomic mass is 35.5. The molecule has 8 heteroatoms. The minimum atomic E-state index is -0.716. The van der Waals surface area contributed by atoms with E-state index in [0.717, 1.165) is 5.56 Å². The summed E-state index contributed by atoms with van der Waals surface area (Å²) in [5.74, 6) is -0.777. The van der Waals surface area contributed by atoms with Gasteiger partial charge >= 0.3 is 0 Å². The van der Waals surface area contributed by atoms with Crippen molar-refractivity contribution in [2.75, 3.05) is 0 Å². The Bertz CT molecular complexity index is 942. The van der Waals surface area contributed by atoms with Crippen LogP contribution in [0.15, 0.2) is 60.8 Å². The molecule has 2 amide bonds. The number of aromatic nitrogens is 3. The Morgan fingerprint density at radius 3 is 2.56 bits per heavy atom. The minimum absolute atomic E-state index is 0.0950. The molecule has 0 aliphatic rings. The molecular weight excluding hydrogens is 366 g/mol. The lowest BCUT2D eigenvalue weighted by molar-refractivity contribution is -0.122. The normalized spacial score (nSPS) is 11.6. The molecule has 1 unspecified atom stereocenters. The van der Waals surface area contributed by atoms with Gasteiger partial charge in [-0.15, -0.1) is 5.10 Å². The van der Waals surface area contributed by atoms with Gasteiger partial charge in [0.2, 0.25) is 5.91 Å². The van der Waals surface area contributed by atoms with Gasteiger partial charge in [0.25, 0.3) is 5.91 Å². The first-order valence-electron chi connectivity index (χ1n) is 8.34. The Balaban J connectivity index is 1.58. The Morgan fingerprint density at radius 1 is 1.11 bits per heavy atom. The summed E-state index contributed by atoms with van der Waals surface area (Å²) in [6, 6.07) is 15.9. The maximum absolute atomic E-state index is 12.3. The first kappa shape index (κ1) is 18.6. The number of carbonyl (C=O) groups is 2. The van der Waals surface area contributed by atoms with Gasteiger partial charge in [0.15, 0.2) is 5.69 Å². The summed E-state index contributed by atoms with van der Waals surface area (Å²) in [6.45, 7) is 2.00. The van der Waals surface area contributed by atoms with E-state index in [9.17, 15) is 9.59 Å². The molecule has 0 saturated carbocycles. The molecular formula is C19H18ClN5O2. The average molecular weight is 384 g/mol. The predicted octanol–water partition coefficient (Wildman–Crippen LogP) is 2.36. The maximum atomic E-state index is 12.3. The van der Waals surface area contributed by atoms with E-state index in [4.69, 9.17) is 11.6 Å². The van der Waals surface area contributed by atoms with Crippen molar-refractivity contribution in [1.29, 1.82) is 0 Å². The van der Waals surface area contributed by atoms with Gasteiger partial charge in [-0.2, -0.15) is 0 Å². The summed E-state index contributed by atoms with van der Waals surface area (Å²) in [5, 5.41) is 13.6. The van der Waals surface area contributed by atoms with Gasteiger partial charge in [0.1, 0.15) is 6.04 Å². The van der Waals surface area contributed by atoms with Crippen molar-refractivity contribution in [3.05, 3.63) is 77.1 Å². The first-order chi connectivity index (χ1) is 13.0. The summed E-state index contributed by atoms with van der Waals surface area (Å²) in [5.41, 5.74) is 1.68. The molecule has 0 bridgehead atoms. The summed E-state index contributed by atoms with van der Waals surface area (Å²) in [6.07, 6.45) is 1.46. The molecule has 0 fully saturated rings. The standard InChI is InChI=1S/C19H18ClN5O2/c1-13(18(26)21-11-14-7-3-2-4-8-14)22-19(27)16-12-25(24-23-16)17-10-6-5-9-15(17)20/h2-10,12-13H,11H2,1H3,(H,21,26)(H,22,27). The molecule has 7 nitrogen and oxygen atoms in total. The number of para-hydroxylation sites is 1. The van der Waals surface area contributed by atoms with E-state index in [2.05, 4.69) is 20.9 Å². The number of carbonyl (C=O) groups excluding carboxylic acids is 2. The van der Waals surface area contributed by atoms with E-state index >= 15 is 0 Å². The van der Waals surface area contributed by atoms with E-state index in [1.807, 2.05) is 36.4 Å². The second kappa shape index (κ2) is 8.46. The lowest BCUT2D eigenvalue weighted by Gasteiger charge is -2.13. The van der Waals surface area contributed by atoms with Crippen molar-refractivity contribution in [1.82, 2.24) is 25.6 Å². The van der Waals surface area contributed by atoms with Crippen LogP contribution < -0.4 is 10.6 Å². The van der Waals surface area contributed by atoms with Crippen LogP contribution in [0.25, 0.3) is 5.69 Å². The molecule has 3 aromatic rings. The Hall–Kier alpha value is -3.19. The number of hydrogen-bond acceptors (Lipinski definition) is 4. The molecule has 1 aromatic heterocycles.